The number of carboxylic acids is 1. The summed E-state index contributed by atoms with van der Waals surface area (Å²) in [7, 11) is 0. The van der Waals surface area contributed by atoms with Crippen LogP contribution in [0, 0.1) is 6.92 Å². The fourth-order valence-electron chi connectivity index (χ4n) is 4.89. The van der Waals surface area contributed by atoms with E-state index in [9.17, 15) is 14.7 Å². The lowest BCUT2D eigenvalue weighted by atomic mass is 9.96. The number of aliphatic carboxylic acids is 1. The number of rotatable bonds is 13. The Morgan fingerprint density at radius 2 is 1.77 bits per heavy atom. The predicted molar refractivity (Wildman–Crippen MR) is 174 cm³/mol. The maximum atomic E-state index is 13.9. The van der Waals surface area contributed by atoms with Gasteiger partial charge < -0.3 is 19.3 Å². The summed E-state index contributed by atoms with van der Waals surface area (Å²) in [4.78, 5) is 30.3. The highest BCUT2D eigenvalue weighted by Crippen LogP contribution is 2.36. The number of para-hydroxylation sites is 1. The molecule has 1 heterocycles. The van der Waals surface area contributed by atoms with Crippen LogP contribution in [0.4, 0.5) is 0 Å². The minimum atomic E-state index is -1.09. The Labute approximate surface area is 257 Å². The molecule has 0 aliphatic carbocycles. The van der Waals surface area contributed by atoms with Gasteiger partial charge in [0.2, 0.25) is 0 Å². The van der Waals surface area contributed by atoms with Gasteiger partial charge >= 0.3 is 5.97 Å². The minimum absolute atomic E-state index is 0.171. The Morgan fingerprint density at radius 1 is 1.07 bits per heavy atom. The topological polar surface area (TPSA) is 112 Å². The molecule has 9 nitrogen and oxygen atoms in total. The van der Waals surface area contributed by atoms with Gasteiger partial charge in [0, 0.05) is 11.1 Å². The van der Waals surface area contributed by atoms with E-state index in [2.05, 4.69) is 25.5 Å². The number of aromatic nitrogens is 2. The molecular weight excluding hydrogens is 558 g/mol. The average molecular weight is 598 g/mol. The van der Waals surface area contributed by atoms with Crippen molar-refractivity contribution >= 4 is 23.1 Å². The number of ether oxygens (including phenoxy) is 3. The Kier molecular flexibility index (Phi) is 10.2. The van der Waals surface area contributed by atoms with Crippen LogP contribution in [0.5, 0.6) is 17.2 Å². The molecule has 0 aliphatic heterocycles. The van der Waals surface area contributed by atoms with Crippen LogP contribution in [0.15, 0.2) is 71.1 Å². The standard InChI is InChI=1S/C35H39N3O6/c1-8-13-25-17-24(18-31(43-10-3)32(25)44-23(7)35(40)41)20-36-38-33(37-29-15-12-11-14-26(29)34(38)39)28-19-27(21(4)5)30(42-9-2)16-22(28)6/h8,11-12,14-21,23H,1,9-10,13H2,2-7H3,(H,40,41)/t23-/m1/s1. The SMILES string of the molecule is C=CCc1cc(C=Nn2c(-c3cc(C(C)C)c(OCC)cc3C)nc3ccccc3c2=O)cc(OCC)c1O[C@H](C)C(=O)O. The van der Waals surface area contributed by atoms with Crippen molar-refractivity contribution in [3.8, 4) is 28.6 Å². The normalized spacial score (nSPS) is 12.1. The summed E-state index contributed by atoms with van der Waals surface area (Å²) in [6.07, 6.45) is 2.57. The molecule has 3 aromatic carbocycles. The highest BCUT2D eigenvalue weighted by Gasteiger charge is 2.21. The molecule has 0 spiro atoms. The number of benzene rings is 3. The van der Waals surface area contributed by atoms with Crippen molar-refractivity contribution in [2.24, 2.45) is 5.10 Å². The summed E-state index contributed by atoms with van der Waals surface area (Å²) in [5, 5.41) is 14.5. The number of nitrogens with zero attached hydrogens (tertiary/aromatic N) is 3. The van der Waals surface area contributed by atoms with Crippen molar-refractivity contribution in [1.82, 2.24) is 9.66 Å². The molecule has 0 saturated carbocycles. The fraction of sp³-hybridized carbons (Fsp3) is 0.314. The Balaban J connectivity index is 1.93. The molecule has 4 aromatic rings. The third kappa shape index (κ3) is 6.83. The molecule has 0 unspecified atom stereocenters. The van der Waals surface area contributed by atoms with Crippen molar-refractivity contribution < 1.29 is 24.1 Å². The smallest absolute Gasteiger partial charge is 0.344 e. The first kappa shape index (κ1) is 32.0. The van der Waals surface area contributed by atoms with E-state index in [-0.39, 0.29) is 11.5 Å². The molecule has 230 valence electrons. The van der Waals surface area contributed by atoms with Crippen LogP contribution >= 0.6 is 0 Å². The molecule has 4 rings (SSSR count). The molecule has 0 fully saturated rings. The van der Waals surface area contributed by atoms with Crippen LogP contribution in [-0.4, -0.2) is 46.3 Å². The van der Waals surface area contributed by atoms with Gasteiger partial charge in [-0.1, -0.05) is 32.1 Å². The van der Waals surface area contributed by atoms with Crippen molar-refractivity contribution in [2.45, 2.75) is 60.0 Å². The van der Waals surface area contributed by atoms with Crippen molar-refractivity contribution in [1.29, 1.82) is 0 Å². The van der Waals surface area contributed by atoms with Gasteiger partial charge in [-0.3, -0.25) is 4.79 Å². The van der Waals surface area contributed by atoms with Gasteiger partial charge in [0.05, 0.1) is 30.3 Å². The number of hydrogen-bond donors (Lipinski definition) is 1. The highest BCUT2D eigenvalue weighted by molar-refractivity contribution is 5.84. The van der Waals surface area contributed by atoms with Gasteiger partial charge in [-0.15, -0.1) is 6.58 Å². The third-order valence-electron chi connectivity index (χ3n) is 7.06. The lowest BCUT2D eigenvalue weighted by molar-refractivity contribution is -0.144. The lowest BCUT2D eigenvalue weighted by Gasteiger charge is -2.19. The number of hydrogen-bond acceptors (Lipinski definition) is 7. The monoisotopic (exact) mass is 597 g/mol. The van der Waals surface area contributed by atoms with E-state index in [0.717, 1.165) is 22.4 Å². The number of fused-ring (bicyclic) bond motifs is 1. The van der Waals surface area contributed by atoms with E-state index in [4.69, 9.17) is 19.2 Å². The van der Waals surface area contributed by atoms with Gasteiger partial charge in [0.25, 0.3) is 5.56 Å². The quantitative estimate of drug-likeness (QED) is 0.134. The summed E-state index contributed by atoms with van der Waals surface area (Å²) in [6, 6.07) is 14.7. The molecule has 0 amide bonds. The summed E-state index contributed by atoms with van der Waals surface area (Å²) < 4.78 is 18.9. The molecule has 1 N–H and O–H groups in total. The largest absolute Gasteiger partial charge is 0.494 e. The van der Waals surface area contributed by atoms with E-state index in [1.165, 1.54) is 11.6 Å². The second-order valence-corrected chi connectivity index (χ2v) is 10.6. The second-order valence-electron chi connectivity index (χ2n) is 10.6. The second kappa shape index (κ2) is 14.0. The van der Waals surface area contributed by atoms with Gasteiger partial charge in [-0.05, 0) is 93.1 Å². The van der Waals surface area contributed by atoms with Crippen molar-refractivity contribution in [2.75, 3.05) is 13.2 Å². The van der Waals surface area contributed by atoms with Gasteiger partial charge in [0.15, 0.2) is 23.4 Å². The zero-order valence-corrected chi connectivity index (χ0v) is 26.1. The lowest BCUT2D eigenvalue weighted by Crippen LogP contribution is -2.24. The van der Waals surface area contributed by atoms with Crippen LogP contribution in [0.25, 0.3) is 22.3 Å². The van der Waals surface area contributed by atoms with Crippen LogP contribution in [-0.2, 0) is 11.2 Å². The van der Waals surface area contributed by atoms with Crippen molar-refractivity contribution in [3.63, 3.8) is 0 Å². The van der Waals surface area contributed by atoms with Crippen molar-refractivity contribution in [3.05, 3.63) is 93.8 Å². The van der Waals surface area contributed by atoms with Crippen LogP contribution in [0.2, 0.25) is 0 Å². The van der Waals surface area contributed by atoms with Gasteiger partial charge in [-0.2, -0.15) is 9.78 Å². The zero-order valence-electron chi connectivity index (χ0n) is 26.1. The summed E-state index contributed by atoms with van der Waals surface area (Å²) in [6.45, 7) is 16.1. The van der Waals surface area contributed by atoms with Crippen LogP contribution in [0.1, 0.15) is 62.8 Å². The number of allylic oxidation sites excluding steroid dienone is 1. The highest BCUT2D eigenvalue weighted by atomic mass is 16.5. The van der Waals surface area contributed by atoms with E-state index >= 15 is 0 Å². The first-order valence-corrected chi connectivity index (χ1v) is 14.7. The van der Waals surface area contributed by atoms with Gasteiger partial charge in [0.1, 0.15) is 5.75 Å². The Bertz CT molecular complexity index is 1770. The van der Waals surface area contributed by atoms with E-state index in [1.807, 2.05) is 51.1 Å². The molecular formula is C35H39N3O6. The summed E-state index contributed by atoms with van der Waals surface area (Å²) >= 11 is 0. The molecule has 9 heteroatoms. The number of carbonyl (C=O) groups is 1. The van der Waals surface area contributed by atoms with E-state index in [1.54, 1.807) is 30.5 Å². The molecule has 0 bridgehead atoms. The number of aryl methyl sites for hydroxylation is 1. The Hall–Kier alpha value is -4.92. The van der Waals surface area contributed by atoms with E-state index in [0.29, 0.717) is 59.0 Å². The molecule has 1 aromatic heterocycles. The van der Waals surface area contributed by atoms with Gasteiger partial charge in [-0.25, -0.2) is 9.78 Å². The average Bonchev–Trinajstić information content (AvgIpc) is 2.98. The van der Waals surface area contributed by atoms with Crippen LogP contribution in [0.3, 0.4) is 0 Å². The first-order valence-electron chi connectivity index (χ1n) is 14.7. The fourth-order valence-corrected chi connectivity index (χ4v) is 4.89. The maximum absolute atomic E-state index is 13.9. The summed E-state index contributed by atoms with van der Waals surface area (Å²) in [5.74, 6) is 0.983. The minimum Gasteiger partial charge on any atom is -0.494 e. The molecule has 0 radical (unpaired) electrons. The number of carboxylic acid groups (broad SMARTS) is 1. The predicted octanol–water partition coefficient (Wildman–Crippen LogP) is 6.76. The molecule has 44 heavy (non-hydrogen) atoms. The molecule has 0 aliphatic rings. The first-order chi connectivity index (χ1) is 21.1. The Morgan fingerprint density at radius 3 is 2.43 bits per heavy atom. The molecule has 1 atom stereocenters. The summed E-state index contributed by atoms with van der Waals surface area (Å²) in [5.41, 5.74) is 4.22. The van der Waals surface area contributed by atoms with Crippen LogP contribution < -0.4 is 19.8 Å². The maximum Gasteiger partial charge on any atom is 0.344 e. The van der Waals surface area contributed by atoms with E-state index < -0.39 is 12.1 Å². The third-order valence-corrected chi connectivity index (χ3v) is 7.06. The zero-order chi connectivity index (χ0) is 32.0. The molecule has 0 saturated heterocycles.